The number of aromatic nitrogens is 1. The molecule has 11 heavy (non-hydrogen) atoms. The van der Waals surface area contributed by atoms with Crippen LogP contribution in [0.3, 0.4) is 0 Å². The summed E-state index contributed by atoms with van der Waals surface area (Å²) in [5.74, 6) is -0.240. The molecule has 2 N–H and O–H groups in total. The average Bonchev–Trinajstić information content (AvgIpc) is 2.25. The van der Waals surface area contributed by atoms with Crippen molar-refractivity contribution in [2.45, 2.75) is 19.4 Å². The first-order chi connectivity index (χ1) is 5.38. The van der Waals surface area contributed by atoms with Crippen molar-refractivity contribution in [1.29, 1.82) is 0 Å². The summed E-state index contributed by atoms with van der Waals surface area (Å²) in [6.07, 6.45) is 1.87. The minimum Gasteiger partial charge on any atom is -0.544 e. The number of fused-ring (bicyclic) bond motifs is 1. The van der Waals surface area contributed by atoms with Gasteiger partial charge in [0.15, 0.2) is 0 Å². The summed E-state index contributed by atoms with van der Waals surface area (Å²) in [4.78, 5) is 0. The molecule has 0 radical (unpaired) electrons. The highest BCUT2D eigenvalue weighted by molar-refractivity contribution is 5.25. The van der Waals surface area contributed by atoms with Crippen molar-refractivity contribution in [3.8, 4) is 5.95 Å². The molecule has 1 aromatic heterocycles. The monoisotopic (exact) mass is 154 g/mol. The Morgan fingerprint density at radius 3 is 3.36 bits per heavy atom. The number of quaternary nitrogens is 1. The van der Waals surface area contributed by atoms with Gasteiger partial charge in [0.1, 0.15) is 12.2 Å². The van der Waals surface area contributed by atoms with Gasteiger partial charge in [0.05, 0.1) is 12.5 Å². The van der Waals surface area contributed by atoms with Crippen LogP contribution < -0.4 is 10.4 Å². The van der Waals surface area contributed by atoms with Crippen LogP contribution in [0.15, 0.2) is 4.52 Å². The SMILES string of the molecule is [O-]c1onc2c1CCC[NH2+]C2. The Kier molecular flexibility index (Phi) is 1.54. The third-order valence-electron chi connectivity index (χ3n) is 2.01. The fourth-order valence-corrected chi connectivity index (χ4v) is 1.39. The molecule has 0 bridgehead atoms. The Bertz CT molecular complexity index is 257. The Morgan fingerprint density at radius 1 is 1.55 bits per heavy atom. The van der Waals surface area contributed by atoms with E-state index in [0.717, 1.165) is 37.2 Å². The first kappa shape index (κ1) is 6.67. The summed E-state index contributed by atoms with van der Waals surface area (Å²) >= 11 is 0. The molecular weight excluding hydrogens is 144 g/mol. The topological polar surface area (TPSA) is 65.7 Å². The molecule has 4 nitrogen and oxygen atoms in total. The van der Waals surface area contributed by atoms with Crippen LogP contribution in [-0.4, -0.2) is 11.7 Å². The Labute approximate surface area is 64.2 Å². The van der Waals surface area contributed by atoms with Crippen molar-refractivity contribution < 1.29 is 14.9 Å². The van der Waals surface area contributed by atoms with Crippen LogP contribution in [0.4, 0.5) is 0 Å². The minimum atomic E-state index is -0.240. The van der Waals surface area contributed by atoms with Crippen molar-refractivity contribution in [3.63, 3.8) is 0 Å². The molecule has 0 spiro atoms. The summed E-state index contributed by atoms with van der Waals surface area (Å²) in [6.45, 7) is 1.87. The molecule has 0 aromatic carbocycles. The second-order valence-electron chi connectivity index (χ2n) is 2.78. The second kappa shape index (κ2) is 2.54. The van der Waals surface area contributed by atoms with E-state index in [4.69, 9.17) is 0 Å². The molecule has 1 aliphatic heterocycles. The van der Waals surface area contributed by atoms with Gasteiger partial charge in [-0.25, -0.2) is 0 Å². The molecule has 0 fully saturated rings. The lowest BCUT2D eigenvalue weighted by Gasteiger charge is -1.96. The number of hydrogen-bond donors (Lipinski definition) is 1. The highest BCUT2D eigenvalue weighted by Crippen LogP contribution is 2.19. The molecule has 0 saturated heterocycles. The van der Waals surface area contributed by atoms with Gasteiger partial charge in [-0.3, -0.25) is 0 Å². The van der Waals surface area contributed by atoms with E-state index in [2.05, 4.69) is 15.0 Å². The zero-order valence-electron chi connectivity index (χ0n) is 6.17. The molecule has 0 saturated carbocycles. The summed E-state index contributed by atoms with van der Waals surface area (Å²) in [6, 6.07) is 0. The third kappa shape index (κ3) is 1.09. The molecule has 60 valence electrons. The zero-order chi connectivity index (χ0) is 7.68. The predicted octanol–water partition coefficient (Wildman–Crippen LogP) is -1.24. The van der Waals surface area contributed by atoms with Gasteiger partial charge < -0.3 is 14.9 Å². The summed E-state index contributed by atoms with van der Waals surface area (Å²) in [5.41, 5.74) is 1.63. The van der Waals surface area contributed by atoms with Crippen LogP contribution >= 0.6 is 0 Å². The first-order valence-corrected chi connectivity index (χ1v) is 3.84. The summed E-state index contributed by atoms with van der Waals surface area (Å²) in [7, 11) is 0. The molecule has 0 amide bonds. The molecular formula is C7H10N2O2. The minimum absolute atomic E-state index is 0.240. The summed E-state index contributed by atoms with van der Waals surface area (Å²) in [5, 5.41) is 16.8. The standard InChI is InChI=1S/C7H10N2O2/c10-7-5-2-1-3-8-4-6(5)9-11-7/h8,10H,1-4H2. The van der Waals surface area contributed by atoms with Crippen LogP contribution in [0.5, 0.6) is 5.95 Å². The molecule has 0 unspecified atom stereocenters. The van der Waals surface area contributed by atoms with E-state index in [1.54, 1.807) is 0 Å². The van der Waals surface area contributed by atoms with Crippen molar-refractivity contribution in [2.75, 3.05) is 6.54 Å². The quantitative estimate of drug-likeness (QED) is 0.508. The lowest BCUT2D eigenvalue weighted by molar-refractivity contribution is -0.670. The van der Waals surface area contributed by atoms with E-state index in [0.29, 0.717) is 0 Å². The van der Waals surface area contributed by atoms with Crippen molar-refractivity contribution in [1.82, 2.24) is 5.16 Å². The van der Waals surface area contributed by atoms with E-state index in [9.17, 15) is 5.11 Å². The lowest BCUT2D eigenvalue weighted by Crippen LogP contribution is -2.82. The normalized spacial score (nSPS) is 17.5. The number of nitrogens with two attached hydrogens (primary N) is 1. The molecule has 1 aromatic rings. The van der Waals surface area contributed by atoms with Gasteiger partial charge in [-0.2, -0.15) is 5.16 Å². The maximum atomic E-state index is 11.0. The number of nitrogens with zero attached hydrogens (tertiary/aromatic N) is 1. The van der Waals surface area contributed by atoms with Gasteiger partial charge in [-0.05, 0) is 6.42 Å². The highest BCUT2D eigenvalue weighted by Gasteiger charge is 2.12. The van der Waals surface area contributed by atoms with Crippen LogP contribution in [0, 0.1) is 0 Å². The average molecular weight is 154 g/mol. The van der Waals surface area contributed by atoms with Crippen molar-refractivity contribution >= 4 is 0 Å². The largest absolute Gasteiger partial charge is 0.544 e. The Hall–Kier alpha value is -1.03. The highest BCUT2D eigenvalue weighted by atomic mass is 16.5. The van der Waals surface area contributed by atoms with E-state index in [-0.39, 0.29) is 5.95 Å². The maximum Gasteiger partial charge on any atom is 0.120 e. The Balaban J connectivity index is 2.35. The molecule has 2 rings (SSSR count). The van der Waals surface area contributed by atoms with Crippen LogP contribution in [0.25, 0.3) is 0 Å². The molecule has 4 heteroatoms. The molecule has 0 atom stereocenters. The van der Waals surface area contributed by atoms with Gasteiger partial charge in [0.25, 0.3) is 0 Å². The second-order valence-corrected chi connectivity index (χ2v) is 2.78. The predicted molar refractivity (Wildman–Crippen MR) is 34.8 cm³/mol. The van der Waals surface area contributed by atoms with E-state index >= 15 is 0 Å². The van der Waals surface area contributed by atoms with Crippen LogP contribution in [0.2, 0.25) is 0 Å². The fraction of sp³-hybridized carbons (Fsp3) is 0.571. The van der Waals surface area contributed by atoms with Gasteiger partial charge in [-0.15, -0.1) is 0 Å². The van der Waals surface area contributed by atoms with E-state index in [1.807, 2.05) is 0 Å². The smallest absolute Gasteiger partial charge is 0.120 e. The summed E-state index contributed by atoms with van der Waals surface area (Å²) < 4.78 is 4.55. The van der Waals surface area contributed by atoms with Gasteiger partial charge >= 0.3 is 0 Å². The van der Waals surface area contributed by atoms with Gasteiger partial charge in [0, 0.05) is 12.0 Å². The number of hydrogen-bond acceptors (Lipinski definition) is 3. The third-order valence-corrected chi connectivity index (χ3v) is 2.01. The molecule has 2 heterocycles. The van der Waals surface area contributed by atoms with E-state index < -0.39 is 0 Å². The van der Waals surface area contributed by atoms with Crippen molar-refractivity contribution in [2.24, 2.45) is 0 Å². The fourth-order valence-electron chi connectivity index (χ4n) is 1.39. The Morgan fingerprint density at radius 2 is 2.45 bits per heavy atom. The number of rotatable bonds is 0. The maximum absolute atomic E-state index is 11.0. The van der Waals surface area contributed by atoms with Crippen LogP contribution in [0.1, 0.15) is 17.7 Å². The molecule has 1 aliphatic rings. The van der Waals surface area contributed by atoms with Gasteiger partial charge in [0.2, 0.25) is 0 Å². The molecule has 0 aliphatic carbocycles. The van der Waals surface area contributed by atoms with E-state index in [1.165, 1.54) is 0 Å². The van der Waals surface area contributed by atoms with Crippen LogP contribution in [-0.2, 0) is 13.0 Å². The lowest BCUT2D eigenvalue weighted by atomic mass is 10.1. The van der Waals surface area contributed by atoms with Gasteiger partial charge in [-0.1, -0.05) is 0 Å². The van der Waals surface area contributed by atoms with Crippen molar-refractivity contribution in [3.05, 3.63) is 11.3 Å². The first-order valence-electron chi connectivity index (χ1n) is 3.84. The zero-order valence-corrected chi connectivity index (χ0v) is 6.17.